The zero-order valence-electron chi connectivity index (χ0n) is 22.9. The predicted octanol–water partition coefficient (Wildman–Crippen LogP) is 5.69. The van der Waals surface area contributed by atoms with Crippen molar-refractivity contribution in [3.63, 3.8) is 0 Å². The van der Waals surface area contributed by atoms with Gasteiger partial charge in [0.05, 0.1) is 12.6 Å². The molecule has 1 fully saturated rings. The molecular formula is C29H47Cl2N5O. The van der Waals surface area contributed by atoms with E-state index in [-0.39, 0.29) is 30.7 Å². The number of rotatable bonds is 9. The van der Waals surface area contributed by atoms with E-state index in [1.54, 1.807) is 0 Å². The number of nitrogens with one attached hydrogen (secondary N) is 2. The van der Waals surface area contributed by atoms with E-state index in [2.05, 4.69) is 52.2 Å². The molecule has 2 aliphatic heterocycles. The second-order valence-electron chi connectivity index (χ2n) is 10.5. The van der Waals surface area contributed by atoms with Gasteiger partial charge < -0.3 is 10.2 Å². The molecule has 2 N–H and O–H groups in total. The van der Waals surface area contributed by atoms with Gasteiger partial charge in [0, 0.05) is 24.0 Å². The van der Waals surface area contributed by atoms with Crippen LogP contribution >= 0.6 is 24.8 Å². The molecule has 1 saturated heterocycles. The Balaban J connectivity index is 0.000000249. The predicted molar refractivity (Wildman–Crippen MR) is 158 cm³/mol. The van der Waals surface area contributed by atoms with E-state index >= 15 is 0 Å². The summed E-state index contributed by atoms with van der Waals surface area (Å²) in [6, 6.07) is 7.00. The van der Waals surface area contributed by atoms with Crippen LogP contribution in [0.5, 0.6) is 0 Å². The number of hydrogen-bond acceptors (Lipinski definition) is 4. The van der Waals surface area contributed by atoms with Crippen LogP contribution in [0.1, 0.15) is 75.3 Å². The fourth-order valence-electron chi connectivity index (χ4n) is 6.29. The highest BCUT2D eigenvalue weighted by Crippen LogP contribution is 2.34. The summed E-state index contributed by atoms with van der Waals surface area (Å²) in [7, 11) is 0. The Morgan fingerprint density at radius 3 is 2.57 bits per heavy atom. The van der Waals surface area contributed by atoms with Gasteiger partial charge in [-0.15, -0.1) is 24.8 Å². The van der Waals surface area contributed by atoms with Crippen LogP contribution in [0.2, 0.25) is 0 Å². The number of piperidine rings is 1. The van der Waals surface area contributed by atoms with Crippen LogP contribution in [0.25, 0.3) is 0 Å². The molecule has 37 heavy (non-hydrogen) atoms. The Morgan fingerprint density at radius 1 is 1.05 bits per heavy atom. The second-order valence-corrected chi connectivity index (χ2v) is 10.5. The SMILES string of the molecule is CCCN(CCC)CCc1cccc2c1CC(=O)N2.CCCN1CCC[C@@H]2Cc3[nH]ncc3C[C@H]21.Cl.Cl. The number of likely N-dealkylation sites (tertiary alicyclic amines) is 1. The summed E-state index contributed by atoms with van der Waals surface area (Å²) in [5.41, 5.74) is 6.41. The molecule has 208 valence electrons. The van der Waals surface area contributed by atoms with Crippen LogP contribution in [0.4, 0.5) is 5.69 Å². The third-order valence-electron chi connectivity index (χ3n) is 7.91. The largest absolute Gasteiger partial charge is 0.326 e. The molecule has 2 aromatic rings. The Bertz CT molecular complexity index is 958. The van der Waals surface area contributed by atoms with Gasteiger partial charge in [-0.3, -0.25) is 14.8 Å². The smallest absolute Gasteiger partial charge is 0.228 e. The van der Waals surface area contributed by atoms with Gasteiger partial charge in [0.15, 0.2) is 0 Å². The molecule has 1 amide bonds. The number of hydrogen-bond donors (Lipinski definition) is 2. The van der Waals surface area contributed by atoms with Gasteiger partial charge in [-0.2, -0.15) is 5.10 Å². The normalized spacial score (nSPS) is 19.9. The molecule has 0 radical (unpaired) electrons. The first-order valence-electron chi connectivity index (χ1n) is 14.0. The van der Waals surface area contributed by atoms with Crippen molar-refractivity contribution in [1.29, 1.82) is 0 Å². The summed E-state index contributed by atoms with van der Waals surface area (Å²) in [6.45, 7) is 12.7. The van der Waals surface area contributed by atoms with Crippen molar-refractivity contribution in [3.8, 4) is 0 Å². The van der Waals surface area contributed by atoms with Gasteiger partial charge >= 0.3 is 0 Å². The quantitative estimate of drug-likeness (QED) is 0.420. The maximum Gasteiger partial charge on any atom is 0.228 e. The molecule has 6 nitrogen and oxygen atoms in total. The first-order valence-corrected chi connectivity index (χ1v) is 14.0. The van der Waals surface area contributed by atoms with E-state index < -0.39 is 0 Å². The highest BCUT2D eigenvalue weighted by molar-refractivity contribution is 5.99. The molecule has 2 atom stereocenters. The fourth-order valence-corrected chi connectivity index (χ4v) is 6.29. The standard InChI is InChI=1S/C16H24N2O.C13H21N3.2ClH/c1-3-9-18(10-4-2)11-8-13-6-5-7-15-14(13)12-16(19)17-15;1-2-5-16-6-3-4-10-7-12-11(8-13(10)16)9-14-15-12;;/h5-7H,3-4,8-12H2,1-2H3,(H,17,19);9-10,13H,2-8H2,1H3,(H,14,15);2*1H/t;10-,13-;;/m.1../s1. The Kier molecular flexibility index (Phi) is 13.4. The topological polar surface area (TPSA) is 64.3 Å². The first kappa shape index (κ1) is 31.6. The lowest BCUT2D eigenvalue weighted by molar-refractivity contribution is -0.115. The number of carbonyl (C=O) groups is 1. The molecule has 1 aromatic heterocycles. The molecule has 0 spiro atoms. The van der Waals surface area contributed by atoms with Crippen molar-refractivity contribution in [2.75, 3.05) is 38.0 Å². The zero-order valence-corrected chi connectivity index (χ0v) is 24.6. The van der Waals surface area contributed by atoms with Crippen LogP contribution in [-0.2, 0) is 30.5 Å². The number of nitrogens with zero attached hydrogens (tertiary/aromatic N) is 3. The van der Waals surface area contributed by atoms with Gasteiger partial charge in [0.25, 0.3) is 0 Å². The molecule has 3 aliphatic rings. The molecule has 1 aliphatic carbocycles. The summed E-state index contributed by atoms with van der Waals surface area (Å²) in [4.78, 5) is 16.7. The van der Waals surface area contributed by atoms with Crippen molar-refractivity contribution in [2.45, 2.75) is 84.6 Å². The monoisotopic (exact) mass is 551 g/mol. The van der Waals surface area contributed by atoms with Gasteiger partial charge in [0.1, 0.15) is 0 Å². The van der Waals surface area contributed by atoms with E-state index in [0.717, 1.165) is 30.6 Å². The summed E-state index contributed by atoms with van der Waals surface area (Å²) in [5, 5.41) is 10.3. The number of H-pyrrole nitrogens is 1. The molecule has 1 aromatic carbocycles. The molecular weight excluding hydrogens is 505 g/mol. The average molecular weight is 553 g/mol. The van der Waals surface area contributed by atoms with Gasteiger partial charge in [-0.25, -0.2) is 0 Å². The van der Waals surface area contributed by atoms with Crippen LogP contribution in [0.3, 0.4) is 0 Å². The second kappa shape index (κ2) is 15.7. The molecule has 3 heterocycles. The van der Waals surface area contributed by atoms with Crippen molar-refractivity contribution < 1.29 is 4.79 Å². The van der Waals surface area contributed by atoms with Crippen molar-refractivity contribution >= 4 is 36.4 Å². The number of carbonyl (C=O) groups excluding carboxylic acids is 1. The molecule has 8 heteroatoms. The van der Waals surface area contributed by atoms with E-state index in [1.807, 2.05) is 18.3 Å². The van der Waals surface area contributed by atoms with Gasteiger partial charge in [0.2, 0.25) is 5.91 Å². The Labute approximate surface area is 236 Å². The third kappa shape index (κ3) is 8.19. The van der Waals surface area contributed by atoms with Crippen LogP contribution in [0.15, 0.2) is 24.4 Å². The van der Waals surface area contributed by atoms with E-state index in [1.165, 1.54) is 93.5 Å². The van der Waals surface area contributed by atoms with E-state index in [4.69, 9.17) is 0 Å². The minimum Gasteiger partial charge on any atom is -0.326 e. The molecule has 0 saturated carbocycles. The number of benzene rings is 1. The number of halogens is 2. The highest BCUT2D eigenvalue weighted by Gasteiger charge is 2.35. The zero-order chi connectivity index (χ0) is 24.6. The molecule has 5 rings (SSSR count). The first-order chi connectivity index (χ1) is 17.1. The number of amides is 1. The number of aromatic nitrogens is 2. The Morgan fingerprint density at radius 2 is 1.84 bits per heavy atom. The molecule has 0 bridgehead atoms. The summed E-state index contributed by atoms with van der Waals surface area (Å²) in [6.07, 6.45) is 12.5. The van der Waals surface area contributed by atoms with Crippen molar-refractivity contribution in [1.82, 2.24) is 20.0 Å². The number of fused-ring (bicyclic) bond motifs is 3. The van der Waals surface area contributed by atoms with E-state index in [9.17, 15) is 4.79 Å². The summed E-state index contributed by atoms with van der Waals surface area (Å²) < 4.78 is 0. The van der Waals surface area contributed by atoms with Crippen LogP contribution < -0.4 is 5.32 Å². The minimum absolute atomic E-state index is 0. The summed E-state index contributed by atoms with van der Waals surface area (Å²) in [5.74, 6) is 0.995. The van der Waals surface area contributed by atoms with Crippen LogP contribution in [0, 0.1) is 5.92 Å². The van der Waals surface area contributed by atoms with Crippen molar-refractivity contribution in [3.05, 3.63) is 46.8 Å². The summed E-state index contributed by atoms with van der Waals surface area (Å²) >= 11 is 0. The molecule has 0 unspecified atom stereocenters. The third-order valence-corrected chi connectivity index (χ3v) is 7.91. The maximum atomic E-state index is 11.5. The number of anilines is 1. The van der Waals surface area contributed by atoms with Gasteiger partial charge in [-0.1, -0.05) is 32.9 Å². The highest BCUT2D eigenvalue weighted by atomic mass is 35.5. The lowest BCUT2D eigenvalue weighted by Crippen LogP contribution is -2.49. The lowest BCUT2D eigenvalue weighted by atomic mass is 9.77. The van der Waals surface area contributed by atoms with Gasteiger partial charge in [-0.05, 0) is 106 Å². The maximum absolute atomic E-state index is 11.5. The Hall–Kier alpha value is -1.60. The van der Waals surface area contributed by atoms with Crippen LogP contribution in [-0.4, -0.2) is 64.7 Å². The fraction of sp³-hybridized carbons (Fsp3) is 0.655. The number of aromatic amines is 1. The van der Waals surface area contributed by atoms with Crippen molar-refractivity contribution in [2.24, 2.45) is 5.92 Å². The average Bonchev–Trinajstić information content (AvgIpc) is 3.47. The lowest BCUT2D eigenvalue weighted by Gasteiger charge is -2.43. The van der Waals surface area contributed by atoms with E-state index in [0.29, 0.717) is 6.42 Å². The minimum atomic E-state index is 0.